The maximum atomic E-state index is 10.4. The summed E-state index contributed by atoms with van der Waals surface area (Å²) in [4.78, 5) is 1.03. The van der Waals surface area contributed by atoms with E-state index in [1.54, 1.807) is 11.3 Å². The van der Waals surface area contributed by atoms with Crippen LogP contribution in [-0.2, 0) is 0 Å². The number of aliphatic hydroxyl groups is 1. The second kappa shape index (κ2) is 4.70. The van der Waals surface area contributed by atoms with Crippen molar-refractivity contribution in [2.24, 2.45) is 0 Å². The van der Waals surface area contributed by atoms with Crippen molar-refractivity contribution in [3.8, 4) is 0 Å². The first-order valence-electron chi connectivity index (χ1n) is 5.08. The van der Waals surface area contributed by atoms with Gasteiger partial charge in [-0.1, -0.05) is 28.1 Å². The molecule has 16 heavy (non-hydrogen) atoms. The highest BCUT2D eigenvalue weighted by Gasteiger charge is 2.16. The van der Waals surface area contributed by atoms with Crippen molar-refractivity contribution in [3.63, 3.8) is 0 Å². The molecule has 0 spiro atoms. The lowest BCUT2D eigenvalue weighted by molar-refractivity contribution is 0.222. The Hall–Kier alpha value is -0.640. The quantitative estimate of drug-likeness (QED) is 0.880. The van der Waals surface area contributed by atoms with Gasteiger partial charge in [0.1, 0.15) is 6.10 Å². The van der Waals surface area contributed by atoms with Crippen LogP contribution < -0.4 is 0 Å². The summed E-state index contributed by atoms with van der Waals surface area (Å²) >= 11 is 5.09. The molecular formula is C13H13BrOS. The van der Waals surface area contributed by atoms with E-state index in [1.807, 2.05) is 43.5 Å². The van der Waals surface area contributed by atoms with E-state index in [1.165, 1.54) is 0 Å². The van der Waals surface area contributed by atoms with E-state index in [9.17, 15) is 5.11 Å². The van der Waals surface area contributed by atoms with Crippen molar-refractivity contribution in [1.82, 2.24) is 0 Å². The van der Waals surface area contributed by atoms with E-state index in [4.69, 9.17) is 0 Å². The maximum Gasteiger partial charge on any atom is 0.114 e. The molecular weight excluding hydrogens is 284 g/mol. The molecule has 0 bridgehead atoms. The molecule has 0 amide bonds. The standard InChI is InChI=1S/C13H13BrOS/c1-8-6-7-16-13(8)12(15)10-4-3-5-11(14)9(10)2/h3-7,12,15H,1-2H3. The summed E-state index contributed by atoms with van der Waals surface area (Å²) in [5, 5.41) is 12.4. The second-order valence-corrected chi connectivity index (χ2v) is 5.63. The molecule has 0 radical (unpaired) electrons. The fourth-order valence-electron chi connectivity index (χ4n) is 1.73. The minimum atomic E-state index is -0.516. The van der Waals surface area contributed by atoms with Gasteiger partial charge in [0, 0.05) is 9.35 Å². The topological polar surface area (TPSA) is 20.2 Å². The van der Waals surface area contributed by atoms with Crippen LogP contribution in [-0.4, -0.2) is 5.11 Å². The lowest BCUT2D eigenvalue weighted by Crippen LogP contribution is -2.01. The third kappa shape index (κ3) is 2.08. The zero-order valence-corrected chi connectivity index (χ0v) is 11.6. The number of aryl methyl sites for hydroxylation is 1. The molecule has 0 saturated heterocycles. The maximum absolute atomic E-state index is 10.4. The predicted molar refractivity (Wildman–Crippen MR) is 72.0 cm³/mol. The molecule has 0 aliphatic heterocycles. The highest BCUT2D eigenvalue weighted by molar-refractivity contribution is 9.10. The van der Waals surface area contributed by atoms with Crippen LogP contribution in [0.3, 0.4) is 0 Å². The highest BCUT2D eigenvalue weighted by atomic mass is 79.9. The molecule has 1 aromatic carbocycles. The van der Waals surface area contributed by atoms with Gasteiger partial charge in [-0.05, 0) is 48.1 Å². The molecule has 0 aliphatic rings. The first kappa shape index (κ1) is 11.8. The van der Waals surface area contributed by atoms with E-state index in [0.29, 0.717) is 0 Å². The van der Waals surface area contributed by atoms with E-state index >= 15 is 0 Å². The summed E-state index contributed by atoms with van der Waals surface area (Å²) in [6, 6.07) is 7.96. The number of halogens is 1. The smallest absolute Gasteiger partial charge is 0.114 e. The van der Waals surface area contributed by atoms with Gasteiger partial charge in [0.05, 0.1) is 0 Å². The summed E-state index contributed by atoms with van der Waals surface area (Å²) in [5.74, 6) is 0. The number of hydrogen-bond donors (Lipinski definition) is 1. The average Bonchev–Trinajstić information content (AvgIpc) is 2.68. The van der Waals surface area contributed by atoms with E-state index in [0.717, 1.165) is 26.0 Å². The molecule has 2 rings (SSSR count). The zero-order chi connectivity index (χ0) is 11.7. The van der Waals surface area contributed by atoms with Crippen molar-refractivity contribution in [2.75, 3.05) is 0 Å². The number of benzene rings is 1. The summed E-state index contributed by atoms with van der Waals surface area (Å²) < 4.78 is 1.04. The van der Waals surface area contributed by atoms with Crippen molar-refractivity contribution in [2.45, 2.75) is 20.0 Å². The molecule has 0 aliphatic carbocycles. The monoisotopic (exact) mass is 296 g/mol. The van der Waals surface area contributed by atoms with Gasteiger partial charge < -0.3 is 5.11 Å². The Morgan fingerprint density at radius 3 is 2.62 bits per heavy atom. The van der Waals surface area contributed by atoms with Crippen LogP contribution in [0.5, 0.6) is 0 Å². The largest absolute Gasteiger partial charge is 0.383 e. The van der Waals surface area contributed by atoms with Gasteiger partial charge in [-0.15, -0.1) is 11.3 Å². The molecule has 1 N–H and O–H groups in total. The van der Waals surface area contributed by atoms with Crippen LogP contribution in [0.15, 0.2) is 34.1 Å². The Kier molecular flexibility index (Phi) is 3.47. The summed E-state index contributed by atoms with van der Waals surface area (Å²) in [6.07, 6.45) is -0.516. The van der Waals surface area contributed by atoms with Crippen LogP contribution in [0.2, 0.25) is 0 Å². The van der Waals surface area contributed by atoms with Crippen molar-refractivity contribution in [1.29, 1.82) is 0 Å². The third-order valence-electron chi connectivity index (χ3n) is 2.75. The van der Waals surface area contributed by atoms with E-state index < -0.39 is 6.10 Å². The molecule has 1 unspecified atom stereocenters. The SMILES string of the molecule is Cc1ccsc1C(O)c1cccc(Br)c1C. The molecule has 3 heteroatoms. The van der Waals surface area contributed by atoms with E-state index in [2.05, 4.69) is 15.9 Å². The molecule has 1 aromatic heterocycles. The number of rotatable bonds is 2. The van der Waals surface area contributed by atoms with Crippen molar-refractivity contribution < 1.29 is 5.11 Å². The molecule has 0 fully saturated rings. The number of aliphatic hydroxyl groups excluding tert-OH is 1. The third-order valence-corrected chi connectivity index (χ3v) is 4.68. The van der Waals surface area contributed by atoms with Crippen molar-refractivity contribution >= 4 is 27.3 Å². The molecule has 1 heterocycles. The Balaban J connectivity index is 2.46. The summed E-state index contributed by atoms with van der Waals surface area (Å²) in [5.41, 5.74) is 3.22. The Morgan fingerprint density at radius 2 is 2.00 bits per heavy atom. The molecule has 0 saturated carbocycles. The van der Waals surface area contributed by atoms with Crippen LogP contribution in [0.25, 0.3) is 0 Å². The molecule has 1 nitrogen and oxygen atoms in total. The van der Waals surface area contributed by atoms with Gasteiger partial charge in [-0.2, -0.15) is 0 Å². The predicted octanol–water partition coefficient (Wildman–Crippen LogP) is 4.21. The summed E-state index contributed by atoms with van der Waals surface area (Å²) in [6.45, 7) is 4.05. The minimum Gasteiger partial charge on any atom is -0.383 e. The highest BCUT2D eigenvalue weighted by Crippen LogP contribution is 2.33. The first-order valence-corrected chi connectivity index (χ1v) is 6.75. The molecule has 1 atom stereocenters. The zero-order valence-electron chi connectivity index (χ0n) is 9.20. The molecule has 84 valence electrons. The van der Waals surface area contributed by atoms with Gasteiger partial charge in [-0.3, -0.25) is 0 Å². The first-order chi connectivity index (χ1) is 7.61. The lowest BCUT2D eigenvalue weighted by atomic mass is 10.0. The normalized spacial score (nSPS) is 12.8. The number of hydrogen-bond acceptors (Lipinski definition) is 2. The lowest BCUT2D eigenvalue weighted by Gasteiger charge is -2.14. The van der Waals surface area contributed by atoms with Crippen molar-refractivity contribution in [3.05, 3.63) is 55.7 Å². The second-order valence-electron chi connectivity index (χ2n) is 3.82. The minimum absolute atomic E-state index is 0.516. The van der Waals surface area contributed by atoms with Crippen LogP contribution in [0.4, 0.5) is 0 Å². The number of thiophene rings is 1. The fourth-order valence-corrected chi connectivity index (χ4v) is 3.04. The fraction of sp³-hybridized carbons (Fsp3) is 0.231. The van der Waals surface area contributed by atoms with Gasteiger partial charge >= 0.3 is 0 Å². The van der Waals surface area contributed by atoms with Crippen LogP contribution in [0, 0.1) is 13.8 Å². The van der Waals surface area contributed by atoms with Gasteiger partial charge in [0.2, 0.25) is 0 Å². The Bertz CT molecular complexity index is 504. The summed E-state index contributed by atoms with van der Waals surface area (Å²) in [7, 11) is 0. The Morgan fingerprint density at radius 1 is 1.25 bits per heavy atom. The molecule has 2 aromatic rings. The van der Waals surface area contributed by atoms with E-state index in [-0.39, 0.29) is 0 Å². The van der Waals surface area contributed by atoms with Gasteiger partial charge in [0.15, 0.2) is 0 Å². The van der Waals surface area contributed by atoms with Gasteiger partial charge in [-0.25, -0.2) is 0 Å². The van der Waals surface area contributed by atoms with Crippen LogP contribution >= 0.6 is 27.3 Å². The Labute approximate surface area is 108 Å². The van der Waals surface area contributed by atoms with Crippen LogP contribution in [0.1, 0.15) is 27.7 Å². The van der Waals surface area contributed by atoms with Gasteiger partial charge in [0.25, 0.3) is 0 Å². The average molecular weight is 297 g/mol.